The Labute approximate surface area is 120 Å². The molecular weight excluding hydrogens is 250 g/mol. The zero-order valence-corrected chi connectivity index (χ0v) is 12.4. The van der Waals surface area contributed by atoms with Crippen molar-refractivity contribution in [2.75, 3.05) is 31.1 Å². The number of aromatic nitrogens is 1. The van der Waals surface area contributed by atoms with E-state index in [0.29, 0.717) is 5.69 Å². The first kappa shape index (κ1) is 13.4. The van der Waals surface area contributed by atoms with Crippen molar-refractivity contribution in [1.29, 1.82) is 0 Å². The Morgan fingerprint density at radius 2 is 1.95 bits per heavy atom. The molecular formula is C16H23N3O. The summed E-state index contributed by atoms with van der Waals surface area (Å²) in [4.78, 5) is 21.1. The third-order valence-corrected chi connectivity index (χ3v) is 4.52. The molecule has 2 fully saturated rings. The Hall–Kier alpha value is -1.58. The summed E-state index contributed by atoms with van der Waals surface area (Å²) in [5, 5.41) is 0. The SMILES string of the molecule is CC(C)C1CN(c2cccc(C(=O)N3CCCC3)n2)C1. The van der Waals surface area contributed by atoms with Gasteiger partial charge in [-0.05, 0) is 36.8 Å². The molecule has 0 aliphatic carbocycles. The molecule has 1 aromatic rings. The molecule has 0 N–H and O–H groups in total. The Kier molecular flexibility index (Phi) is 3.64. The van der Waals surface area contributed by atoms with Crippen molar-refractivity contribution in [1.82, 2.24) is 9.88 Å². The van der Waals surface area contributed by atoms with Crippen molar-refractivity contribution in [2.24, 2.45) is 11.8 Å². The van der Waals surface area contributed by atoms with Crippen molar-refractivity contribution in [3.8, 4) is 0 Å². The molecule has 2 aliphatic rings. The second-order valence-corrected chi connectivity index (χ2v) is 6.29. The maximum absolute atomic E-state index is 12.3. The van der Waals surface area contributed by atoms with E-state index >= 15 is 0 Å². The molecule has 1 aromatic heterocycles. The van der Waals surface area contributed by atoms with Crippen LogP contribution in [0.3, 0.4) is 0 Å². The van der Waals surface area contributed by atoms with Gasteiger partial charge in [-0.1, -0.05) is 19.9 Å². The van der Waals surface area contributed by atoms with E-state index < -0.39 is 0 Å². The molecule has 0 bridgehead atoms. The van der Waals surface area contributed by atoms with Crippen LogP contribution < -0.4 is 4.90 Å². The maximum Gasteiger partial charge on any atom is 0.272 e. The van der Waals surface area contributed by atoms with Crippen LogP contribution >= 0.6 is 0 Å². The Balaban J connectivity index is 1.69. The summed E-state index contributed by atoms with van der Waals surface area (Å²) in [5.74, 6) is 2.52. The normalized spacial score (nSPS) is 19.6. The van der Waals surface area contributed by atoms with Crippen LogP contribution in [-0.4, -0.2) is 42.0 Å². The number of hydrogen-bond acceptors (Lipinski definition) is 3. The van der Waals surface area contributed by atoms with E-state index in [2.05, 4.69) is 23.7 Å². The van der Waals surface area contributed by atoms with Crippen LogP contribution in [0, 0.1) is 11.8 Å². The Bertz CT molecular complexity index is 488. The number of carbonyl (C=O) groups is 1. The lowest BCUT2D eigenvalue weighted by atomic mass is 9.88. The lowest BCUT2D eigenvalue weighted by Gasteiger charge is -2.42. The highest BCUT2D eigenvalue weighted by molar-refractivity contribution is 5.92. The monoisotopic (exact) mass is 273 g/mol. The van der Waals surface area contributed by atoms with Gasteiger partial charge in [0.05, 0.1) is 0 Å². The minimum absolute atomic E-state index is 0.0882. The highest BCUT2D eigenvalue weighted by atomic mass is 16.2. The van der Waals surface area contributed by atoms with Gasteiger partial charge in [0.25, 0.3) is 5.91 Å². The number of pyridine rings is 1. The molecule has 0 unspecified atom stereocenters. The molecule has 0 aromatic carbocycles. The van der Waals surface area contributed by atoms with Crippen LogP contribution in [0.2, 0.25) is 0 Å². The van der Waals surface area contributed by atoms with Crippen molar-refractivity contribution in [2.45, 2.75) is 26.7 Å². The van der Waals surface area contributed by atoms with Gasteiger partial charge in [0.15, 0.2) is 0 Å². The summed E-state index contributed by atoms with van der Waals surface area (Å²) in [5.41, 5.74) is 0.595. The average molecular weight is 273 g/mol. The molecule has 2 aliphatic heterocycles. The Morgan fingerprint density at radius 3 is 2.60 bits per heavy atom. The summed E-state index contributed by atoms with van der Waals surface area (Å²) >= 11 is 0. The first-order valence-corrected chi connectivity index (χ1v) is 7.66. The molecule has 0 saturated carbocycles. The second kappa shape index (κ2) is 5.43. The van der Waals surface area contributed by atoms with E-state index in [1.54, 1.807) is 0 Å². The van der Waals surface area contributed by atoms with Crippen LogP contribution in [0.4, 0.5) is 5.82 Å². The molecule has 1 amide bonds. The largest absolute Gasteiger partial charge is 0.356 e. The summed E-state index contributed by atoms with van der Waals surface area (Å²) in [6, 6.07) is 5.80. The molecule has 2 saturated heterocycles. The highest BCUT2D eigenvalue weighted by Crippen LogP contribution is 2.28. The van der Waals surface area contributed by atoms with E-state index in [9.17, 15) is 4.79 Å². The smallest absolute Gasteiger partial charge is 0.272 e. The van der Waals surface area contributed by atoms with Gasteiger partial charge in [0.1, 0.15) is 11.5 Å². The number of carbonyl (C=O) groups excluding carboxylic acids is 1. The standard InChI is InChI=1S/C16H23N3O/c1-12(2)13-10-19(11-13)15-7-5-6-14(17-15)16(20)18-8-3-4-9-18/h5-7,12-13H,3-4,8-11H2,1-2H3. The minimum atomic E-state index is 0.0882. The maximum atomic E-state index is 12.3. The van der Waals surface area contributed by atoms with Gasteiger partial charge in [-0.15, -0.1) is 0 Å². The zero-order valence-electron chi connectivity index (χ0n) is 12.4. The minimum Gasteiger partial charge on any atom is -0.356 e. The van der Waals surface area contributed by atoms with Crippen LogP contribution in [-0.2, 0) is 0 Å². The number of likely N-dealkylation sites (tertiary alicyclic amines) is 1. The fourth-order valence-electron chi connectivity index (χ4n) is 2.92. The quantitative estimate of drug-likeness (QED) is 0.848. The third-order valence-electron chi connectivity index (χ3n) is 4.52. The van der Waals surface area contributed by atoms with Gasteiger partial charge >= 0.3 is 0 Å². The van der Waals surface area contributed by atoms with Crippen molar-refractivity contribution in [3.63, 3.8) is 0 Å². The molecule has 0 radical (unpaired) electrons. The van der Waals surface area contributed by atoms with Crippen LogP contribution in [0.15, 0.2) is 18.2 Å². The lowest BCUT2D eigenvalue weighted by molar-refractivity contribution is 0.0787. The summed E-state index contributed by atoms with van der Waals surface area (Å²) < 4.78 is 0. The van der Waals surface area contributed by atoms with E-state index in [-0.39, 0.29) is 5.91 Å². The summed E-state index contributed by atoms with van der Waals surface area (Å²) in [7, 11) is 0. The Morgan fingerprint density at radius 1 is 1.25 bits per heavy atom. The predicted molar refractivity (Wildman–Crippen MR) is 79.9 cm³/mol. The average Bonchev–Trinajstić information content (AvgIpc) is 2.90. The van der Waals surface area contributed by atoms with Crippen LogP contribution in [0.25, 0.3) is 0 Å². The van der Waals surface area contributed by atoms with Crippen molar-refractivity contribution < 1.29 is 4.79 Å². The van der Waals surface area contributed by atoms with E-state index in [1.165, 1.54) is 0 Å². The number of amides is 1. The topological polar surface area (TPSA) is 36.4 Å². The van der Waals surface area contributed by atoms with Gasteiger partial charge in [0, 0.05) is 26.2 Å². The fraction of sp³-hybridized carbons (Fsp3) is 0.625. The lowest BCUT2D eigenvalue weighted by Crippen LogP contribution is -2.49. The molecule has 0 spiro atoms. The number of rotatable bonds is 3. The van der Waals surface area contributed by atoms with Gasteiger partial charge < -0.3 is 9.80 Å². The molecule has 108 valence electrons. The summed E-state index contributed by atoms with van der Waals surface area (Å²) in [6.07, 6.45) is 2.24. The fourth-order valence-corrected chi connectivity index (χ4v) is 2.92. The highest BCUT2D eigenvalue weighted by Gasteiger charge is 2.30. The van der Waals surface area contributed by atoms with Crippen molar-refractivity contribution in [3.05, 3.63) is 23.9 Å². The zero-order chi connectivity index (χ0) is 14.1. The number of anilines is 1. The first-order valence-electron chi connectivity index (χ1n) is 7.66. The van der Waals surface area contributed by atoms with Gasteiger partial charge in [-0.25, -0.2) is 4.98 Å². The summed E-state index contributed by atoms with van der Waals surface area (Å²) in [6.45, 7) is 8.41. The van der Waals surface area contributed by atoms with Crippen LogP contribution in [0.1, 0.15) is 37.2 Å². The number of hydrogen-bond donors (Lipinski definition) is 0. The molecule has 3 rings (SSSR count). The molecule has 0 atom stereocenters. The predicted octanol–water partition coefficient (Wildman–Crippen LogP) is 2.41. The van der Waals surface area contributed by atoms with Gasteiger partial charge in [0.2, 0.25) is 0 Å². The van der Waals surface area contributed by atoms with E-state index in [1.807, 2.05) is 23.1 Å². The molecule has 4 nitrogen and oxygen atoms in total. The van der Waals surface area contributed by atoms with Gasteiger partial charge in [-0.3, -0.25) is 4.79 Å². The third kappa shape index (κ3) is 2.51. The van der Waals surface area contributed by atoms with E-state index in [4.69, 9.17) is 0 Å². The second-order valence-electron chi connectivity index (χ2n) is 6.29. The first-order chi connectivity index (χ1) is 9.65. The van der Waals surface area contributed by atoms with Gasteiger partial charge in [-0.2, -0.15) is 0 Å². The number of nitrogens with zero attached hydrogens (tertiary/aromatic N) is 3. The van der Waals surface area contributed by atoms with Crippen LogP contribution in [0.5, 0.6) is 0 Å². The van der Waals surface area contributed by atoms with E-state index in [0.717, 1.165) is 56.7 Å². The molecule has 20 heavy (non-hydrogen) atoms. The molecule has 4 heteroatoms. The molecule has 3 heterocycles. The van der Waals surface area contributed by atoms with Crippen molar-refractivity contribution >= 4 is 11.7 Å².